The molecule has 6 heteroatoms. The Hall–Kier alpha value is -2.66. The second kappa shape index (κ2) is 7.56. The summed E-state index contributed by atoms with van der Waals surface area (Å²) in [6, 6.07) is 17.8. The molecule has 5 nitrogen and oxygen atoms in total. The molecule has 116 valence electrons. The molecule has 2 aromatic carbocycles. The Balaban J connectivity index is 1.60. The number of aromatic nitrogens is 3. The zero-order valence-corrected chi connectivity index (χ0v) is 13.2. The summed E-state index contributed by atoms with van der Waals surface area (Å²) >= 11 is 6.13. The van der Waals surface area contributed by atoms with Crippen molar-refractivity contribution in [3.05, 3.63) is 76.9 Å². The molecular weight excluding hydrogens is 310 g/mol. The van der Waals surface area contributed by atoms with Crippen LogP contribution in [0.3, 0.4) is 0 Å². The Morgan fingerprint density at radius 3 is 2.48 bits per heavy atom. The van der Waals surface area contributed by atoms with Crippen LogP contribution < -0.4 is 10.6 Å². The van der Waals surface area contributed by atoms with Gasteiger partial charge in [-0.1, -0.05) is 60.1 Å². The van der Waals surface area contributed by atoms with E-state index in [0.29, 0.717) is 29.9 Å². The predicted molar refractivity (Wildman–Crippen MR) is 92.4 cm³/mol. The summed E-state index contributed by atoms with van der Waals surface area (Å²) in [4.78, 5) is 4.39. The quantitative estimate of drug-likeness (QED) is 0.722. The third-order valence-electron chi connectivity index (χ3n) is 3.27. The lowest BCUT2D eigenvalue weighted by Crippen LogP contribution is -2.08. The van der Waals surface area contributed by atoms with Crippen molar-refractivity contribution in [3.8, 4) is 0 Å². The van der Waals surface area contributed by atoms with Gasteiger partial charge in [-0.05, 0) is 17.2 Å². The molecule has 2 N–H and O–H groups in total. The average Bonchev–Trinajstić information content (AvgIpc) is 2.61. The topological polar surface area (TPSA) is 62.7 Å². The zero-order chi connectivity index (χ0) is 15.9. The fourth-order valence-corrected chi connectivity index (χ4v) is 2.27. The molecule has 0 amide bonds. The minimum Gasteiger partial charge on any atom is -0.365 e. The lowest BCUT2D eigenvalue weighted by atomic mass is 10.2. The van der Waals surface area contributed by atoms with Crippen molar-refractivity contribution < 1.29 is 0 Å². The molecule has 0 spiro atoms. The van der Waals surface area contributed by atoms with Gasteiger partial charge in [0.25, 0.3) is 0 Å². The molecule has 1 aromatic heterocycles. The van der Waals surface area contributed by atoms with Crippen LogP contribution in [-0.4, -0.2) is 15.2 Å². The van der Waals surface area contributed by atoms with Crippen LogP contribution in [-0.2, 0) is 13.1 Å². The molecule has 23 heavy (non-hydrogen) atoms. The second-order valence-corrected chi connectivity index (χ2v) is 5.36. The Bertz CT molecular complexity index is 764. The summed E-state index contributed by atoms with van der Waals surface area (Å²) in [6.45, 7) is 1.23. The van der Waals surface area contributed by atoms with Crippen molar-refractivity contribution in [2.75, 3.05) is 10.6 Å². The first-order valence-corrected chi connectivity index (χ1v) is 7.64. The van der Waals surface area contributed by atoms with Crippen LogP contribution in [0.4, 0.5) is 11.8 Å². The van der Waals surface area contributed by atoms with Gasteiger partial charge in [0.05, 0.1) is 6.20 Å². The predicted octanol–water partition coefficient (Wildman–Crippen LogP) is 3.75. The number of benzene rings is 2. The molecule has 3 aromatic rings. The first-order chi connectivity index (χ1) is 11.3. The van der Waals surface area contributed by atoms with Crippen LogP contribution >= 0.6 is 11.6 Å². The first kappa shape index (κ1) is 15.2. The number of rotatable bonds is 6. The van der Waals surface area contributed by atoms with Crippen molar-refractivity contribution >= 4 is 23.4 Å². The molecule has 0 saturated heterocycles. The monoisotopic (exact) mass is 325 g/mol. The highest BCUT2D eigenvalue weighted by Gasteiger charge is 2.03. The van der Waals surface area contributed by atoms with Crippen LogP contribution in [0.25, 0.3) is 0 Å². The summed E-state index contributed by atoms with van der Waals surface area (Å²) in [7, 11) is 0. The largest absolute Gasteiger partial charge is 0.365 e. The van der Waals surface area contributed by atoms with E-state index in [1.54, 1.807) is 6.20 Å². The molecule has 1 heterocycles. The SMILES string of the molecule is Clc1ccccc1CNc1nncc(NCc2ccccc2)n1. The minimum atomic E-state index is 0.461. The number of hydrogen-bond acceptors (Lipinski definition) is 5. The van der Waals surface area contributed by atoms with Gasteiger partial charge in [0, 0.05) is 18.1 Å². The van der Waals surface area contributed by atoms with Gasteiger partial charge >= 0.3 is 0 Å². The van der Waals surface area contributed by atoms with Crippen LogP contribution in [0.15, 0.2) is 60.8 Å². The molecule has 0 saturated carbocycles. The number of halogens is 1. The van der Waals surface area contributed by atoms with Gasteiger partial charge in [-0.25, -0.2) is 0 Å². The lowest BCUT2D eigenvalue weighted by molar-refractivity contribution is 0.937. The van der Waals surface area contributed by atoms with Gasteiger partial charge < -0.3 is 10.6 Å². The number of hydrogen-bond donors (Lipinski definition) is 2. The van der Waals surface area contributed by atoms with Crippen molar-refractivity contribution in [1.29, 1.82) is 0 Å². The molecule has 0 aliphatic carbocycles. The van der Waals surface area contributed by atoms with Crippen molar-refractivity contribution in [3.63, 3.8) is 0 Å². The molecule has 0 atom stereocenters. The fourth-order valence-electron chi connectivity index (χ4n) is 2.07. The lowest BCUT2D eigenvalue weighted by Gasteiger charge is -2.08. The normalized spacial score (nSPS) is 10.3. The highest BCUT2D eigenvalue weighted by atomic mass is 35.5. The van der Waals surface area contributed by atoms with Gasteiger partial charge in [0.2, 0.25) is 5.95 Å². The molecule has 0 aliphatic heterocycles. The van der Waals surface area contributed by atoms with Gasteiger partial charge in [-0.3, -0.25) is 0 Å². The van der Waals surface area contributed by atoms with E-state index >= 15 is 0 Å². The minimum absolute atomic E-state index is 0.461. The maximum absolute atomic E-state index is 6.13. The average molecular weight is 326 g/mol. The molecular formula is C17H16ClN5. The Morgan fingerprint density at radius 2 is 1.65 bits per heavy atom. The van der Waals surface area contributed by atoms with E-state index in [1.165, 1.54) is 5.56 Å². The number of nitrogens with one attached hydrogen (secondary N) is 2. The van der Waals surface area contributed by atoms with Crippen molar-refractivity contribution in [1.82, 2.24) is 15.2 Å². The van der Waals surface area contributed by atoms with E-state index in [4.69, 9.17) is 11.6 Å². The third-order valence-corrected chi connectivity index (χ3v) is 3.64. The molecule has 0 unspecified atom stereocenters. The van der Waals surface area contributed by atoms with Gasteiger partial charge in [-0.15, -0.1) is 5.10 Å². The van der Waals surface area contributed by atoms with Crippen LogP contribution in [0.5, 0.6) is 0 Å². The molecule has 0 bridgehead atoms. The van der Waals surface area contributed by atoms with Crippen LogP contribution in [0.2, 0.25) is 5.02 Å². The summed E-state index contributed by atoms with van der Waals surface area (Å²) < 4.78 is 0. The second-order valence-electron chi connectivity index (χ2n) is 4.95. The molecule has 0 radical (unpaired) electrons. The summed E-state index contributed by atoms with van der Waals surface area (Å²) in [5.41, 5.74) is 2.16. The molecule has 3 rings (SSSR count). The Labute approximate surface area is 139 Å². The van der Waals surface area contributed by atoms with Crippen molar-refractivity contribution in [2.24, 2.45) is 0 Å². The van der Waals surface area contributed by atoms with Gasteiger partial charge in [0.15, 0.2) is 5.82 Å². The van der Waals surface area contributed by atoms with E-state index in [9.17, 15) is 0 Å². The number of anilines is 2. The fraction of sp³-hybridized carbons (Fsp3) is 0.118. The van der Waals surface area contributed by atoms with Crippen LogP contribution in [0.1, 0.15) is 11.1 Å². The maximum atomic E-state index is 6.13. The smallest absolute Gasteiger partial charge is 0.244 e. The molecule has 0 fully saturated rings. The maximum Gasteiger partial charge on any atom is 0.244 e. The first-order valence-electron chi connectivity index (χ1n) is 7.26. The molecule has 0 aliphatic rings. The van der Waals surface area contributed by atoms with Crippen LogP contribution in [0, 0.1) is 0 Å². The van der Waals surface area contributed by atoms with E-state index in [2.05, 4.69) is 37.9 Å². The van der Waals surface area contributed by atoms with E-state index in [-0.39, 0.29) is 0 Å². The standard InChI is InChI=1S/C17H16ClN5/c18-15-9-5-4-8-14(15)11-20-17-22-16(12-21-23-17)19-10-13-6-2-1-3-7-13/h1-9,12H,10-11H2,(H2,19,20,22,23). The van der Waals surface area contributed by atoms with Crippen molar-refractivity contribution in [2.45, 2.75) is 13.1 Å². The Kier molecular flexibility index (Phi) is 5.01. The van der Waals surface area contributed by atoms with Gasteiger partial charge in [0.1, 0.15) is 0 Å². The van der Waals surface area contributed by atoms with Gasteiger partial charge in [-0.2, -0.15) is 10.1 Å². The highest BCUT2D eigenvalue weighted by Crippen LogP contribution is 2.16. The third kappa shape index (κ3) is 4.40. The number of nitrogens with zero attached hydrogens (tertiary/aromatic N) is 3. The summed E-state index contributed by atoms with van der Waals surface area (Å²) in [5, 5.41) is 15.0. The van der Waals surface area contributed by atoms with E-state index in [0.717, 1.165) is 5.56 Å². The Morgan fingerprint density at radius 1 is 0.870 bits per heavy atom. The summed E-state index contributed by atoms with van der Waals surface area (Å²) in [6.07, 6.45) is 1.60. The highest BCUT2D eigenvalue weighted by molar-refractivity contribution is 6.31. The zero-order valence-electron chi connectivity index (χ0n) is 12.4. The summed E-state index contributed by atoms with van der Waals surface area (Å²) in [5.74, 6) is 1.13. The van der Waals surface area contributed by atoms with E-state index < -0.39 is 0 Å². The van der Waals surface area contributed by atoms with E-state index in [1.807, 2.05) is 42.5 Å².